The first kappa shape index (κ1) is 20.5. The summed E-state index contributed by atoms with van der Waals surface area (Å²) in [6.45, 7) is 4.02. The molecule has 8 nitrogen and oxygen atoms in total. The van der Waals surface area contributed by atoms with Crippen molar-refractivity contribution in [1.82, 2.24) is 15.0 Å². The summed E-state index contributed by atoms with van der Waals surface area (Å²) in [5.41, 5.74) is 1.16. The zero-order valence-electron chi connectivity index (χ0n) is 16.7. The number of ether oxygens (including phenoxy) is 1. The third-order valence-electron chi connectivity index (χ3n) is 3.86. The molecule has 0 aliphatic carbocycles. The Balaban J connectivity index is 2.02. The van der Waals surface area contributed by atoms with Crippen molar-refractivity contribution < 1.29 is 13.2 Å². The highest BCUT2D eigenvalue weighted by molar-refractivity contribution is 7.90. The maximum atomic E-state index is 11.8. The zero-order chi connectivity index (χ0) is 21.0. The van der Waals surface area contributed by atoms with Gasteiger partial charge in [0, 0.05) is 30.1 Å². The summed E-state index contributed by atoms with van der Waals surface area (Å²) in [6.07, 6.45) is 1.17. The van der Waals surface area contributed by atoms with Crippen LogP contribution in [-0.2, 0) is 9.84 Å². The summed E-state index contributed by atoms with van der Waals surface area (Å²) >= 11 is 0. The van der Waals surface area contributed by atoms with E-state index in [1.165, 1.54) is 6.26 Å². The highest BCUT2D eigenvalue weighted by atomic mass is 32.2. The normalized spacial score (nSPS) is 11.3. The van der Waals surface area contributed by atoms with Crippen molar-refractivity contribution in [3.8, 4) is 17.4 Å². The first-order chi connectivity index (χ1) is 13.7. The van der Waals surface area contributed by atoms with Crippen LogP contribution in [-0.4, -0.2) is 42.8 Å². The summed E-state index contributed by atoms with van der Waals surface area (Å²) in [5.74, 6) is 2.00. The fraction of sp³-hybridized carbons (Fsp3) is 0.250. The lowest BCUT2D eigenvalue weighted by molar-refractivity contribution is 0.398. The molecule has 2 aromatic heterocycles. The molecule has 2 heterocycles. The Morgan fingerprint density at radius 3 is 2.38 bits per heavy atom. The maximum Gasteiger partial charge on any atom is 0.213 e. The third kappa shape index (κ3) is 5.41. The summed E-state index contributed by atoms with van der Waals surface area (Å²) < 4.78 is 28.8. The molecule has 0 radical (unpaired) electrons. The lowest BCUT2D eigenvalue weighted by Gasteiger charge is -2.14. The van der Waals surface area contributed by atoms with Crippen molar-refractivity contribution in [3.05, 3.63) is 48.5 Å². The van der Waals surface area contributed by atoms with E-state index in [-0.39, 0.29) is 10.9 Å². The molecule has 0 spiro atoms. The second-order valence-corrected chi connectivity index (χ2v) is 8.77. The van der Waals surface area contributed by atoms with E-state index in [1.807, 2.05) is 19.9 Å². The number of pyridine rings is 1. The van der Waals surface area contributed by atoms with Crippen LogP contribution < -0.4 is 15.4 Å². The predicted octanol–water partition coefficient (Wildman–Crippen LogP) is 3.51. The Kier molecular flexibility index (Phi) is 5.97. The van der Waals surface area contributed by atoms with Crippen LogP contribution in [0, 0.1) is 0 Å². The lowest BCUT2D eigenvalue weighted by atomic mass is 10.3. The van der Waals surface area contributed by atoms with Gasteiger partial charge < -0.3 is 15.4 Å². The van der Waals surface area contributed by atoms with Gasteiger partial charge in [-0.25, -0.2) is 23.4 Å². The smallest absolute Gasteiger partial charge is 0.213 e. The van der Waals surface area contributed by atoms with Gasteiger partial charge in [-0.3, -0.25) is 0 Å². The number of hydrogen-bond acceptors (Lipinski definition) is 8. The van der Waals surface area contributed by atoms with Crippen molar-refractivity contribution in [3.63, 3.8) is 0 Å². The Hall–Kier alpha value is -3.20. The molecule has 0 aliphatic heterocycles. The van der Waals surface area contributed by atoms with Gasteiger partial charge in [0.1, 0.15) is 17.3 Å². The minimum absolute atomic E-state index is 0.164. The Morgan fingerprint density at radius 1 is 0.966 bits per heavy atom. The minimum atomic E-state index is -3.31. The zero-order valence-corrected chi connectivity index (χ0v) is 17.5. The van der Waals surface area contributed by atoms with Gasteiger partial charge in [-0.15, -0.1) is 0 Å². The molecule has 0 saturated heterocycles. The van der Waals surface area contributed by atoms with Crippen molar-refractivity contribution in [2.45, 2.75) is 24.8 Å². The van der Waals surface area contributed by atoms with E-state index in [1.54, 1.807) is 49.6 Å². The highest BCUT2D eigenvalue weighted by Gasteiger charge is 2.12. The standard InChI is InChI=1S/C20H23N5O3S/c1-13(2)21-17-12-18(22-14-7-5-8-15(11-14)29(4,26)27)25-20(24-17)16-9-6-10-19(23-16)28-3/h5-13H,1-4H3,(H2,21,22,24,25). The Bertz CT molecular complexity index is 1120. The molecule has 3 aromatic rings. The average molecular weight is 414 g/mol. The van der Waals surface area contributed by atoms with E-state index >= 15 is 0 Å². The van der Waals surface area contributed by atoms with Crippen LogP contribution in [0.25, 0.3) is 11.5 Å². The van der Waals surface area contributed by atoms with Crippen molar-refractivity contribution in [2.75, 3.05) is 24.0 Å². The van der Waals surface area contributed by atoms with Crippen LogP contribution in [0.4, 0.5) is 17.3 Å². The van der Waals surface area contributed by atoms with Crippen LogP contribution in [0.1, 0.15) is 13.8 Å². The largest absolute Gasteiger partial charge is 0.481 e. The Labute approximate surface area is 170 Å². The topological polar surface area (TPSA) is 106 Å². The van der Waals surface area contributed by atoms with Crippen LogP contribution in [0.5, 0.6) is 5.88 Å². The molecule has 0 fully saturated rings. The predicted molar refractivity (Wildman–Crippen MR) is 113 cm³/mol. The number of sulfone groups is 1. The molecule has 1 aromatic carbocycles. The van der Waals surface area contributed by atoms with E-state index in [4.69, 9.17) is 4.74 Å². The molecule has 9 heteroatoms. The quantitative estimate of drug-likeness (QED) is 0.606. The number of rotatable bonds is 7. The molecule has 3 rings (SSSR count). The van der Waals surface area contributed by atoms with Crippen LogP contribution in [0.15, 0.2) is 53.4 Å². The maximum absolute atomic E-state index is 11.8. The minimum Gasteiger partial charge on any atom is -0.481 e. The lowest BCUT2D eigenvalue weighted by Crippen LogP contribution is -2.12. The number of nitrogens with one attached hydrogen (secondary N) is 2. The van der Waals surface area contributed by atoms with Crippen LogP contribution >= 0.6 is 0 Å². The fourth-order valence-corrected chi connectivity index (χ4v) is 3.27. The SMILES string of the molecule is COc1cccc(-c2nc(Nc3cccc(S(C)(=O)=O)c3)cc(NC(C)C)n2)n1. The van der Waals surface area contributed by atoms with Gasteiger partial charge in [0.2, 0.25) is 5.88 Å². The first-order valence-electron chi connectivity index (χ1n) is 8.99. The van der Waals surface area contributed by atoms with Crippen LogP contribution in [0.2, 0.25) is 0 Å². The molecule has 152 valence electrons. The number of methoxy groups -OCH3 is 1. The second kappa shape index (κ2) is 8.44. The molecule has 0 bridgehead atoms. The first-order valence-corrected chi connectivity index (χ1v) is 10.9. The molecule has 29 heavy (non-hydrogen) atoms. The van der Waals surface area contributed by atoms with Gasteiger partial charge >= 0.3 is 0 Å². The number of hydrogen-bond donors (Lipinski definition) is 2. The molecule has 2 N–H and O–H groups in total. The summed E-state index contributed by atoms with van der Waals surface area (Å²) in [7, 11) is -1.76. The van der Waals surface area contributed by atoms with Crippen molar-refractivity contribution >= 4 is 27.2 Å². The average Bonchev–Trinajstić information content (AvgIpc) is 2.67. The second-order valence-electron chi connectivity index (χ2n) is 6.75. The molecular weight excluding hydrogens is 390 g/mol. The van der Waals surface area contributed by atoms with Crippen molar-refractivity contribution in [1.29, 1.82) is 0 Å². The molecule has 0 aliphatic rings. The van der Waals surface area contributed by atoms with E-state index in [0.29, 0.717) is 34.7 Å². The fourth-order valence-electron chi connectivity index (χ4n) is 2.60. The van der Waals surface area contributed by atoms with E-state index in [2.05, 4.69) is 25.6 Å². The van der Waals surface area contributed by atoms with Gasteiger partial charge in [-0.2, -0.15) is 0 Å². The van der Waals surface area contributed by atoms with Gasteiger partial charge in [0.25, 0.3) is 0 Å². The van der Waals surface area contributed by atoms with Gasteiger partial charge in [0.15, 0.2) is 15.7 Å². The molecule has 0 atom stereocenters. The van der Waals surface area contributed by atoms with E-state index < -0.39 is 9.84 Å². The number of benzene rings is 1. The number of aromatic nitrogens is 3. The Morgan fingerprint density at radius 2 is 1.69 bits per heavy atom. The molecule has 0 saturated carbocycles. The van der Waals surface area contributed by atoms with Gasteiger partial charge in [-0.1, -0.05) is 12.1 Å². The van der Waals surface area contributed by atoms with Crippen molar-refractivity contribution in [2.24, 2.45) is 0 Å². The molecule has 0 unspecified atom stereocenters. The van der Waals surface area contributed by atoms with Gasteiger partial charge in [0.05, 0.1) is 12.0 Å². The third-order valence-corrected chi connectivity index (χ3v) is 4.97. The molecular formula is C20H23N5O3S. The monoisotopic (exact) mass is 413 g/mol. The number of anilines is 3. The summed E-state index contributed by atoms with van der Waals surface area (Å²) in [4.78, 5) is 13.7. The van der Waals surface area contributed by atoms with E-state index in [0.717, 1.165) is 0 Å². The number of nitrogens with zero attached hydrogens (tertiary/aromatic N) is 3. The summed E-state index contributed by atoms with van der Waals surface area (Å²) in [5, 5.41) is 6.41. The van der Waals surface area contributed by atoms with Gasteiger partial charge in [-0.05, 0) is 38.1 Å². The summed E-state index contributed by atoms with van der Waals surface area (Å²) in [6, 6.07) is 13.9. The van der Waals surface area contributed by atoms with Crippen LogP contribution in [0.3, 0.4) is 0 Å². The molecule has 0 amide bonds. The van der Waals surface area contributed by atoms with E-state index in [9.17, 15) is 8.42 Å². The highest BCUT2D eigenvalue weighted by Crippen LogP contribution is 2.24.